The van der Waals surface area contributed by atoms with Gasteiger partial charge in [0.2, 0.25) is 0 Å². The fourth-order valence-corrected chi connectivity index (χ4v) is 1.63. The minimum Gasteiger partial charge on any atom is -0.385 e. The summed E-state index contributed by atoms with van der Waals surface area (Å²) in [4.78, 5) is 0. The van der Waals surface area contributed by atoms with E-state index in [-0.39, 0.29) is 0 Å². The summed E-state index contributed by atoms with van der Waals surface area (Å²) in [7, 11) is 0. The molecule has 0 unspecified atom stereocenters. The van der Waals surface area contributed by atoms with Crippen molar-refractivity contribution in [1.29, 1.82) is 0 Å². The van der Waals surface area contributed by atoms with E-state index in [0.717, 1.165) is 29.9 Å². The van der Waals surface area contributed by atoms with Crippen LogP contribution in [0.25, 0.3) is 5.69 Å². The fourth-order valence-electron chi connectivity index (χ4n) is 1.63. The van der Waals surface area contributed by atoms with Crippen molar-refractivity contribution in [3.8, 4) is 5.69 Å². The van der Waals surface area contributed by atoms with Gasteiger partial charge in [-0.15, -0.1) is 5.10 Å². The van der Waals surface area contributed by atoms with Gasteiger partial charge in [-0.2, -0.15) is 0 Å². The Balaban J connectivity index is 2.12. The number of aryl methyl sites for hydroxylation is 1. The number of tetrazole rings is 1. The molecule has 2 aromatic rings. The van der Waals surface area contributed by atoms with E-state index in [1.807, 2.05) is 19.1 Å². The molecule has 6 heteroatoms. The first-order valence-electron chi connectivity index (χ1n) is 5.59. The van der Waals surface area contributed by atoms with E-state index in [9.17, 15) is 0 Å². The highest BCUT2D eigenvalue weighted by Gasteiger charge is 2.03. The molecule has 0 aliphatic heterocycles. The monoisotopic (exact) mass is 232 g/mol. The third-order valence-electron chi connectivity index (χ3n) is 2.50. The highest BCUT2D eigenvalue weighted by molar-refractivity contribution is 5.53. The average molecular weight is 232 g/mol. The Labute approximate surface area is 99.8 Å². The maximum absolute atomic E-state index is 5.45. The van der Waals surface area contributed by atoms with Crippen LogP contribution in [0.2, 0.25) is 0 Å². The van der Waals surface area contributed by atoms with Crippen molar-refractivity contribution >= 4 is 5.69 Å². The molecule has 0 saturated heterocycles. The molecule has 0 fully saturated rings. The average Bonchev–Trinajstić information content (AvgIpc) is 2.83. The van der Waals surface area contributed by atoms with Gasteiger partial charge in [0.15, 0.2) is 0 Å². The number of hydrogen-bond acceptors (Lipinski definition) is 5. The van der Waals surface area contributed by atoms with Gasteiger partial charge in [0.05, 0.1) is 5.69 Å². The molecule has 17 heavy (non-hydrogen) atoms. The van der Waals surface area contributed by atoms with E-state index in [1.165, 1.54) is 0 Å². The number of aromatic nitrogens is 4. The van der Waals surface area contributed by atoms with Crippen LogP contribution >= 0.6 is 0 Å². The number of hydrogen-bond donors (Lipinski definition) is 2. The molecule has 0 spiro atoms. The SMILES string of the molecule is Cc1cc(NCCCN)ccc1-n1cnnn1. The second-order valence-electron chi connectivity index (χ2n) is 3.82. The molecule has 6 nitrogen and oxygen atoms in total. The Morgan fingerprint density at radius 3 is 2.94 bits per heavy atom. The van der Waals surface area contributed by atoms with E-state index in [4.69, 9.17) is 5.73 Å². The summed E-state index contributed by atoms with van der Waals surface area (Å²) in [5, 5.41) is 14.4. The molecule has 0 bridgehead atoms. The summed E-state index contributed by atoms with van der Waals surface area (Å²) in [5.74, 6) is 0. The third kappa shape index (κ3) is 2.79. The van der Waals surface area contributed by atoms with Crippen LogP contribution in [0.5, 0.6) is 0 Å². The molecule has 0 amide bonds. The lowest BCUT2D eigenvalue weighted by atomic mass is 10.2. The van der Waals surface area contributed by atoms with Gasteiger partial charge in [-0.25, -0.2) is 4.68 Å². The molecule has 2 rings (SSSR count). The van der Waals surface area contributed by atoms with E-state index in [1.54, 1.807) is 11.0 Å². The quantitative estimate of drug-likeness (QED) is 0.743. The van der Waals surface area contributed by atoms with Gasteiger partial charge >= 0.3 is 0 Å². The van der Waals surface area contributed by atoms with Crippen LogP contribution in [-0.4, -0.2) is 33.3 Å². The second-order valence-corrected chi connectivity index (χ2v) is 3.82. The van der Waals surface area contributed by atoms with Gasteiger partial charge in [-0.05, 0) is 54.1 Å². The number of nitrogens with two attached hydrogens (primary N) is 1. The zero-order valence-corrected chi connectivity index (χ0v) is 9.80. The highest BCUT2D eigenvalue weighted by Crippen LogP contribution is 2.17. The molecule has 1 heterocycles. The van der Waals surface area contributed by atoms with Crippen LogP contribution < -0.4 is 11.1 Å². The molecule has 0 aliphatic rings. The van der Waals surface area contributed by atoms with Crippen LogP contribution in [0.15, 0.2) is 24.5 Å². The lowest BCUT2D eigenvalue weighted by Gasteiger charge is -2.09. The molecule has 0 aliphatic carbocycles. The normalized spacial score (nSPS) is 10.5. The van der Waals surface area contributed by atoms with Crippen LogP contribution in [0.3, 0.4) is 0 Å². The lowest BCUT2D eigenvalue weighted by molar-refractivity contribution is 0.785. The van der Waals surface area contributed by atoms with Crippen molar-refractivity contribution in [1.82, 2.24) is 20.2 Å². The van der Waals surface area contributed by atoms with Crippen molar-refractivity contribution in [2.24, 2.45) is 5.73 Å². The van der Waals surface area contributed by atoms with E-state index in [2.05, 4.69) is 26.9 Å². The molecule has 0 atom stereocenters. The van der Waals surface area contributed by atoms with Gasteiger partial charge in [0.1, 0.15) is 6.33 Å². The summed E-state index contributed by atoms with van der Waals surface area (Å²) in [6.07, 6.45) is 2.55. The van der Waals surface area contributed by atoms with Crippen molar-refractivity contribution in [3.05, 3.63) is 30.1 Å². The minimum absolute atomic E-state index is 0.703. The van der Waals surface area contributed by atoms with Gasteiger partial charge < -0.3 is 11.1 Å². The molecule has 90 valence electrons. The molecule has 0 saturated carbocycles. The summed E-state index contributed by atoms with van der Waals surface area (Å²) >= 11 is 0. The molecule has 1 aromatic heterocycles. The zero-order valence-electron chi connectivity index (χ0n) is 9.80. The molecule has 3 N–H and O–H groups in total. The summed E-state index contributed by atoms with van der Waals surface area (Å²) in [6, 6.07) is 6.09. The van der Waals surface area contributed by atoms with Crippen molar-refractivity contribution < 1.29 is 0 Å². The maximum Gasteiger partial charge on any atom is 0.143 e. The predicted octanol–water partition coefficient (Wildman–Crippen LogP) is 0.731. The van der Waals surface area contributed by atoms with E-state index in [0.29, 0.717) is 6.54 Å². The van der Waals surface area contributed by atoms with Gasteiger partial charge in [0, 0.05) is 12.2 Å². The Bertz CT molecular complexity index is 465. The van der Waals surface area contributed by atoms with Crippen molar-refractivity contribution in [2.45, 2.75) is 13.3 Å². The zero-order chi connectivity index (χ0) is 12.1. The second kappa shape index (κ2) is 5.40. The van der Waals surface area contributed by atoms with E-state index < -0.39 is 0 Å². The minimum atomic E-state index is 0.703. The highest BCUT2D eigenvalue weighted by atomic mass is 15.5. The Morgan fingerprint density at radius 2 is 2.29 bits per heavy atom. The number of rotatable bonds is 5. The Kier molecular flexibility index (Phi) is 3.66. The molecular formula is C11H16N6. The maximum atomic E-state index is 5.45. The van der Waals surface area contributed by atoms with Gasteiger partial charge in [-0.1, -0.05) is 0 Å². The number of nitrogens with zero attached hydrogens (tertiary/aromatic N) is 4. The summed E-state index contributed by atoms with van der Waals surface area (Å²) in [6.45, 7) is 3.62. The Morgan fingerprint density at radius 1 is 1.41 bits per heavy atom. The Hall–Kier alpha value is -1.95. The fraction of sp³-hybridized carbons (Fsp3) is 0.364. The number of benzene rings is 1. The van der Waals surface area contributed by atoms with Crippen LogP contribution in [0.1, 0.15) is 12.0 Å². The largest absolute Gasteiger partial charge is 0.385 e. The van der Waals surface area contributed by atoms with Gasteiger partial charge in [-0.3, -0.25) is 0 Å². The predicted molar refractivity (Wildman–Crippen MR) is 66.1 cm³/mol. The smallest absolute Gasteiger partial charge is 0.143 e. The van der Waals surface area contributed by atoms with Crippen LogP contribution in [0.4, 0.5) is 5.69 Å². The van der Waals surface area contributed by atoms with Crippen molar-refractivity contribution in [3.63, 3.8) is 0 Å². The number of anilines is 1. The third-order valence-corrected chi connectivity index (χ3v) is 2.50. The van der Waals surface area contributed by atoms with E-state index >= 15 is 0 Å². The topological polar surface area (TPSA) is 81.6 Å². The molecule has 1 aromatic carbocycles. The van der Waals surface area contributed by atoms with Crippen LogP contribution in [0, 0.1) is 6.92 Å². The summed E-state index contributed by atoms with van der Waals surface area (Å²) < 4.78 is 1.65. The number of nitrogens with one attached hydrogen (secondary N) is 1. The lowest BCUT2D eigenvalue weighted by Crippen LogP contribution is -2.08. The van der Waals surface area contributed by atoms with Crippen molar-refractivity contribution in [2.75, 3.05) is 18.4 Å². The first kappa shape index (κ1) is 11.5. The van der Waals surface area contributed by atoms with Gasteiger partial charge in [0.25, 0.3) is 0 Å². The standard InChI is InChI=1S/C11H16N6/c1-9-7-10(13-6-2-5-12)3-4-11(9)17-8-14-15-16-17/h3-4,7-8,13H,2,5-6,12H2,1H3. The first-order chi connectivity index (χ1) is 8.31. The molecule has 0 radical (unpaired) electrons. The summed E-state index contributed by atoms with van der Waals surface area (Å²) in [5.41, 5.74) is 8.64. The molecular weight excluding hydrogens is 216 g/mol. The first-order valence-corrected chi connectivity index (χ1v) is 5.59. The van der Waals surface area contributed by atoms with Crippen LogP contribution in [-0.2, 0) is 0 Å².